The number of oxime groups is 1. The van der Waals surface area contributed by atoms with Crippen LogP contribution >= 0.6 is 11.8 Å². The van der Waals surface area contributed by atoms with Gasteiger partial charge in [0, 0.05) is 10.8 Å². The number of benzene rings is 1. The van der Waals surface area contributed by atoms with Gasteiger partial charge in [0.05, 0.1) is 5.71 Å². The van der Waals surface area contributed by atoms with Gasteiger partial charge in [-0.3, -0.25) is 0 Å². The van der Waals surface area contributed by atoms with Gasteiger partial charge in [-0.1, -0.05) is 35.5 Å². The number of hydrogen-bond donors (Lipinski definition) is 1. The van der Waals surface area contributed by atoms with Crippen LogP contribution in [0.4, 0.5) is 0 Å². The summed E-state index contributed by atoms with van der Waals surface area (Å²) in [7, 11) is 0. The van der Waals surface area contributed by atoms with Crippen molar-refractivity contribution < 1.29 is 5.21 Å². The summed E-state index contributed by atoms with van der Waals surface area (Å²) in [5.74, 6) is 0. The predicted octanol–water partition coefficient (Wildman–Crippen LogP) is 2.62. The first-order valence-corrected chi connectivity index (χ1v) is 5.38. The van der Waals surface area contributed by atoms with Gasteiger partial charge >= 0.3 is 0 Å². The van der Waals surface area contributed by atoms with Crippen molar-refractivity contribution in [3.63, 3.8) is 0 Å². The summed E-state index contributed by atoms with van der Waals surface area (Å²) in [5.41, 5.74) is 1.71. The summed E-state index contributed by atoms with van der Waals surface area (Å²) in [5, 5.41) is 12.4. The fourth-order valence-electron chi connectivity index (χ4n) is 1.09. The molecule has 1 unspecified atom stereocenters. The number of rotatable bonds is 3. The van der Waals surface area contributed by atoms with Crippen LogP contribution in [-0.4, -0.2) is 22.4 Å². The summed E-state index contributed by atoms with van der Waals surface area (Å²) in [6.45, 7) is 2.02. The second kappa shape index (κ2) is 4.92. The molecule has 3 heteroatoms. The quantitative estimate of drug-likeness (QED) is 0.457. The van der Waals surface area contributed by atoms with Crippen LogP contribution in [0.5, 0.6) is 0 Å². The van der Waals surface area contributed by atoms with Gasteiger partial charge in [0.2, 0.25) is 0 Å². The van der Waals surface area contributed by atoms with E-state index in [9.17, 15) is 0 Å². The van der Waals surface area contributed by atoms with E-state index in [1.165, 1.54) is 0 Å². The third kappa shape index (κ3) is 2.49. The minimum Gasteiger partial charge on any atom is -0.411 e. The first-order valence-electron chi connectivity index (χ1n) is 4.09. The second-order valence-electron chi connectivity index (χ2n) is 2.73. The van der Waals surface area contributed by atoms with Crippen LogP contribution in [0.15, 0.2) is 35.5 Å². The fourth-order valence-corrected chi connectivity index (χ4v) is 1.50. The van der Waals surface area contributed by atoms with Gasteiger partial charge in [-0.05, 0) is 13.2 Å². The largest absolute Gasteiger partial charge is 0.411 e. The molecule has 0 fully saturated rings. The van der Waals surface area contributed by atoms with Crippen LogP contribution in [0.3, 0.4) is 0 Å². The Balaban J connectivity index is 2.93. The van der Waals surface area contributed by atoms with Crippen LogP contribution in [0.25, 0.3) is 0 Å². The average Bonchev–Trinajstić information content (AvgIpc) is 2.20. The van der Waals surface area contributed by atoms with Gasteiger partial charge in [0.25, 0.3) is 0 Å². The Labute approximate surface area is 82.7 Å². The first-order chi connectivity index (χ1) is 6.29. The molecule has 0 aromatic heterocycles. The zero-order chi connectivity index (χ0) is 9.68. The lowest BCUT2D eigenvalue weighted by Crippen LogP contribution is -2.14. The predicted molar refractivity (Wildman–Crippen MR) is 57.7 cm³/mol. The Kier molecular flexibility index (Phi) is 3.83. The Hall–Kier alpha value is -0.960. The lowest BCUT2D eigenvalue weighted by atomic mass is 10.1. The Morgan fingerprint density at radius 3 is 2.46 bits per heavy atom. The van der Waals surface area contributed by atoms with Crippen LogP contribution in [0.2, 0.25) is 0 Å². The third-order valence-electron chi connectivity index (χ3n) is 1.92. The van der Waals surface area contributed by atoms with Gasteiger partial charge in [0.15, 0.2) is 0 Å². The van der Waals surface area contributed by atoms with E-state index in [-0.39, 0.29) is 5.25 Å². The molecule has 0 spiro atoms. The summed E-state index contributed by atoms with van der Waals surface area (Å²) in [6, 6.07) is 9.72. The molecular formula is C10H13NOS. The molecule has 2 nitrogen and oxygen atoms in total. The lowest BCUT2D eigenvalue weighted by Gasteiger charge is -2.09. The van der Waals surface area contributed by atoms with Crippen LogP contribution in [0.1, 0.15) is 12.5 Å². The van der Waals surface area contributed by atoms with E-state index in [1.807, 2.05) is 43.5 Å². The van der Waals surface area contributed by atoms with Gasteiger partial charge in [0.1, 0.15) is 0 Å². The van der Waals surface area contributed by atoms with Gasteiger partial charge in [-0.25, -0.2) is 0 Å². The summed E-state index contributed by atoms with van der Waals surface area (Å²) in [4.78, 5) is 0. The van der Waals surface area contributed by atoms with Gasteiger partial charge in [-0.2, -0.15) is 11.8 Å². The minimum absolute atomic E-state index is 0.215. The Morgan fingerprint density at radius 1 is 1.38 bits per heavy atom. The second-order valence-corrected chi connectivity index (χ2v) is 3.91. The topological polar surface area (TPSA) is 32.6 Å². The monoisotopic (exact) mass is 195 g/mol. The standard InChI is InChI=1S/C10H13NOS/c1-8(13-2)10(11-12)9-6-4-3-5-7-9/h3-8,12H,1-2H3/b11-10-. The maximum atomic E-state index is 8.86. The molecule has 1 N–H and O–H groups in total. The smallest absolute Gasteiger partial charge is 0.0994 e. The molecule has 1 atom stereocenters. The Morgan fingerprint density at radius 2 is 2.00 bits per heavy atom. The van der Waals surface area contributed by atoms with Crippen molar-refractivity contribution in [3.05, 3.63) is 35.9 Å². The number of thioether (sulfide) groups is 1. The molecule has 1 aromatic rings. The van der Waals surface area contributed by atoms with Crippen LogP contribution in [0, 0.1) is 0 Å². The molecule has 1 rings (SSSR count). The summed E-state index contributed by atoms with van der Waals surface area (Å²) in [6.07, 6.45) is 2.00. The molecule has 0 saturated carbocycles. The molecular weight excluding hydrogens is 182 g/mol. The highest BCUT2D eigenvalue weighted by atomic mass is 32.2. The van der Waals surface area contributed by atoms with E-state index >= 15 is 0 Å². The molecule has 0 amide bonds. The molecule has 0 aliphatic rings. The van der Waals surface area contributed by atoms with Gasteiger partial charge < -0.3 is 5.21 Å². The van der Waals surface area contributed by atoms with E-state index in [0.717, 1.165) is 11.3 Å². The molecule has 0 saturated heterocycles. The van der Waals surface area contributed by atoms with Gasteiger partial charge in [-0.15, -0.1) is 0 Å². The molecule has 0 radical (unpaired) electrons. The van der Waals surface area contributed by atoms with Crippen molar-refractivity contribution in [1.29, 1.82) is 0 Å². The van der Waals surface area contributed by atoms with Crippen molar-refractivity contribution in [3.8, 4) is 0 Å². The van der Waals surface area contributed by atoms with E-state index < -0.39 is 0 Å². The zero-order valence-corrected chi connectivity index (χ0v) is 8.58. The molecule has 1 aromatic carbocycles. The number of hydrogen-bond acceptors (Lipinski definition) is 3. The maximum absolute atomic E-state index is 8.86. The van der Waals surface area contributed by atoms with Crippen molar-refractivity contribution in [2.24, 2.45) is 5.16 Å². The molecule has 70 valence electrons. The Bertz CT molecular complexity index is 284. The lowest BCUT2D eigenvalue weighted by molar-refractivity contribution is 0.318. The van der Waals surface area contributed by atoms with E-state index in [0.29, 0.717) is 0 Å². The highest BCUT2D eigenvalue weighted by Crippen LogP contribution is 2.13. The molecule has 13 heavy (non-hydrogen) atoms. The third-order valence-corrected chi connectivity index (χ3v) is 2.85. The average molecular weight is 195 g/mol. The van der Waals surface area contributed by atoms with E-state index in [4.69, 9.17) is 5.21 Å². The van der Waals surface area contributed by atoms with Crippen molar-refractivity contribution >= 4 is 17.5 Å². The van der Waals surface area contributed by atoms with E-state index in [2.05, 4.69) is 5.16 Å². The summed E-state index contributed by atoms with van der Waals surface area (Å²) < 4.78 is 0. The molecule has 0 aliphatic carbocycles. The maximum Gasteiger partial charge on any atom is 0.0994 e. The first kappa shape index (κ1) is 10.1. The minimum atomic E-state index is 0.215. The highest BCUT2D eigenvalue weighted by molar-refractivity contribution is 7.99. The van der Waals surface area contributed by atoms with Crippen molar-refractivity contribution in [2.75, 3.05) is 6.26 Å². The van der Waals surface area contributed by atoms with Crippen molar-refractivity contribution in [2.45, 2.75) is 12.2 Å². The normalized spacial score (nSPS) is 14.2. The highest BCUT2D eigenvalue weighted by Gasteiger charge is 2.11. The van der Waals surface area contributed by atoms with E-state index in [1.54, 1.807) is 11.8 Å². The van der Waals surface area contributed by atoms with Crippen molar-refractivity contribution in [1.82, 2.24) is 0 Å². The molecule has 0 aliphatic heterocycles. The molecule has 0 bridgehead atoms. The SMILES string of the molecule is CSC(C)/C(=N/O)c1ccccc1. The zero-order valence-electron chi connectivity index (χ0n) is 7.77. The van der Waals surface area contributed by atoms with Crippen LogP contribution in [-0.2, 0) is 0 Å². The molecule has 0 heterocycles. The number of nitrogens with zero attached hydrogens (tertiary/aromatic N) is 1. The summed E-state index contributed by atoms with van der Waals surface area (Å²) >= 11 is 1.66. The fraction of sp³-hybridized carbons (Fsp3) is 0.300. The van der Waals surface area contributed by atoms with Crippen LogP contribution < -0.4 is 0 Å².